The van der Waals surface area contributed by atoms with Crippen molar-refractivity contribution in [3.63, 3.8) is 0 Å². The second-order valence-corrected chi connectivity index (χ2v) is 6.22. The van der Waals surface area contributed by atoms with E-state index in [1.807, 2.05) is 19.3 Å². The Morgan fingerprint density at radius 1 is 1.03 bits per heavy atom. The molecular formula is C21H22F3N3O4. The molecule has 0 aromatic heterocycles. The predicted octanol–water partition coefficient (Wildman–Crippen LogP) is 3.98. The molecule has 2 aromatic rings. The second-order valence-electron chi connectivity index (χ2n) is 6.22. The SMILES string of the molecule is CCCOc1ccc(/C=N/NC(=O)C(=O)Nc2cccc(C(F)(F)F)c2)cc1OCC. The Kier molecular flexibility index (Phi) is 8.42. The zero-order valence-corrected chi connectivity index (χ0v) is 17.0. The van der Waals surface area contributed by atoms with E-state index in [1.165, 1.54) is 12.3 Å². The molecule has 0 spiro atoms. The number of ether oxygens (including phenoxy) is 2. The molecule has 7 nitrogen and oxygen atoms in total. The van der Waals surface area contributed by atoms with Crippen LogP contribution in [0.1, 0.15) is 31.4 Å². The molecule has 0 unspecified atom stereocenters. The van der Waals surface area contributed by atoms with E-state index >= 15 is 0 Å². The summed E-state index contributed by atoms with van der Waals surface area (Å²) in [6, 6.07) is 8.99. The quantitative estimate of drug-likeness (QED) is 0.371. The molecule has 0 aliphatic heterocycles. The first-order chi connectivity index (χ1) is 14.7. The predicted molar refractivity (Wildman–Crippen MR) is 109 cm³/mol. The Morgan fingerprint density at radius 3 is 2.48 bits per heavy atom. The highest BCUT2D eigenvalue weighted by Gasteiger charge is 2.30. The Hall–Kier alpha value is -3.56. The summed E-state index contributed by atoms with van der Waals surface area (Å²) >= 11 is 0. The van der Waals surface area contributed by atoms with Gasteiger partial charge >= 0.3 is 18.0 Å². The van der Waals surface area contributed by atoms with Gasteiger partial charge in [-0.05, 0) is 55.3 Å². The lowest BCUT2D eigenvalue weighted by Crippen LogP contribution is -2.32. The number of nitrogens with zero attached hydrogens (tertiary/aromatic N) is 1. The first-order valence-corrected chi connectivity index (χ1v) is 9.45. The Balaban J connectivity index is 1.98. The zero-order valence-electron chi connectivity index (χ0n) is 17.0. The molecule has 2 N–H and O–H groups in total. The van der Waals surface area contributed by atoms with Crippen molar-refractivity contribution in [2.24, 2.45) is 5.10 Å². The third-order valence-corrected chi connectivity index (χ3v) is 3.76. The molecule has 0 bridgehead atoms. The summed E-state index contributed by atoms with van der Waals surface area (Å²) < 4.78 is 49.3. The van der Waals surface area contributed by atoms with Crippen molar-refractivity contribution in [2.45, 2.75) is 26.4 Å². The average Bonchev–Trinajstić information content (AvgIpc) is 2.73. The lowest BCUT2D eigenvalue weighted by Gasteiger charge is -2.11. The van der Waals surface area contributed by atoms with Gasteiger partial charge in [-0.2, -0.15) is 18.3 Å². The maximum atomic E-state index is 12.7. The Morgan fingerprint density at radius 2 is 1.81 bits per heavy atom. The average molecular weight is 437 g/mol. The van der Waals surface area contributed by atoms with Gasteiger partial charge in [0.1, 0.15) is 0 Å². The number of rotatable bonds is 8. The molecule has 0 fully saturated rings. The molecule has 166 valence electrons. The number of hydrazone groups is 1. The van der Waals surface area contributed by atoms with Gasteiger partial charge in [0.05, 0.1) is 25.0 Å². The summed E-state index contributed by atoms with van der Waals surface area (Å²) in [6.07, 6.45) is -2.43. The van der Waals surface area contributed by atoms with Crippen molar-refractivity contribution in [1.82, 2.24) is 5.43 Å². The fraction of sp³-hybridized carbons (Fsp3) is 0.286. The van der Waals surface area contributed by atoms with Gasteiger partial charge < -0.3 is 14.8 Å². The normalized spacial score (nSPS) is 11.3. The number of hydrogen-bond donors (Lipinski definition) is 2. The molecule has 2 aromatic carbocycles. The standard InChI is InChI=1S/C21H22F3N3O4/c1-3-10-31-17-9-8-14(11-18(17)30-4-2)13-25-27-20(29)19(28)26-16-7-5-6-15(12-16)21(22,23)24/h5-9,11-13H,3-4,10H2,1-2H3,(H,26,28)(H,27,29)/b25-13+. The first-order valence-electron chi connectivity index (χ1n) is 9.45. The molecule has 0 aliphatic carbocycles. The number of carbonyl (C=O) groups excluding carboxylic acids is 2. The fourth-order valence-corrected chi connectivity index (χ4v) is 2.38. The smallest absolute Gasteiger partial charge is 0.416 e. The van der Waals surface area contributed by atoms with Crippen LogP contribution in [-0.2, 0) is 15.8 Å². The molecule has 31 heavy (non-hydrogen) atoms. The van der Waals surface area contributed by atoms with Crippen LogP contribution in [0, 0.1) is 0 Å². The van der Waals surface area contributed by atoms with Gasteiger partial charge in [0.2, 0.25) is 0 Å². The van der Waals surface area contributed by atoms with Crippen LogP contribution in [-0.4, -0.2) is 31.2 Å². The van der Waals surface area contributed by atoms with E-state index in [9.17, 15) is 22.8 Å². The summed E-state index contributed by atoms with van der Waals surface area (Å²) in [5.74, 6) is -1.21. The van der Waals surface area contributed by atoms with Gasteiger partial charge in [-0.1, -0.05) is 13.0 Å². The largest absolute Gasteiger partial charge is 0.490 e. The Bertz CT molecular complexity index is 946. The van der Waals surface area contributed by atoms with Crippen LogP contribution in [0.5, 0.6) is 11.5 Å². The molecule has 2 rings (SSSR count). The molecule has 0 saturated heterocycles. The summed E-state index contributed by atoms with van der Waals surface area (Å²) in [6.45, 7) is 4.76. The number of alkyl halides is 3. The summed E-state index contributed by atoms with van der Waals surface area (Å²) in [4.78, 5) is 23.7. The van der Waals surface area contributed by atoms with Crippen molar-refractivity contribution in [3.8, 4) is 11.5 Å². The van der Waals surface area contributed by atoms with Crippen molar-refractivity contribution in [1.29, 1.82) is 0 Å². The molecule has 0 saturated carbocycles. The summed E-state index contributed by atoms with van der Waals surface area (Å²) in [7, 11) is 0. The Labute approximate surface area is 177 Å². The van der Waals surface area contributed by atoms with Crippen LogP contribution in [0.2, 0.25) is 0 Å². The van der Waals surface area contributed by atoms with Gasteiger partial charge in [-0.15, -0.1) is 0 Å². The highest BCUT2D eigenvalue weighted by atomic mass is 19.4. The lowest BCUT2D eigenvalue weighted by atomic mass is 10.2. The van der Waals surface area contributed by atoms with Crippen molar-refractivity contribution < 1.29 is 32.2 Å². The van der Waals surface area contributed by atoms with Crippen molar-refractivity contribution in [3.05, 3.63) is 53.6 Å². The lowest BCUT2D eigenvalue weighted by molar-refractivity contribution is -0.137. The van der Waals surface area contributed by atoms with Crippen LogP contribution in [0.15, 0.2) is 47.6 Å². The topological polar surface area (TPSA) is 89.0 Å². The highest BCUT2D eigenvalue weighted by molar-refractivity contribution is 6.39. The minimum absolute atomic E-state index is 0.164. The third kappa shape index (κ3) is 7.32. The van der Waals surface area contributed by atoms with Crippen LogP contribution in [0.25, 0.3) is 0 Å². The zero-order chi connectivity index (χ0) is 22.9. The van der Waals surface area contributed by atoms with E-state index in [-0.39, 0.29) is 5.69 Å². The van der Waals surface area contributed by atoms with Crippen LogP contribution in [0.3, 0.4) is 0 Å². The van der Waals surface area contributed by atoms with Gasteiger partial charge in [0, 0.05) is 5.69 Å². The monoisotopic (exact) mass is 437 g/mol. The summed E-state index contributed by atoms with van der Waals surface area (Å²) in [5, 5.41) is 5.79. The van der Waals surface area contributed by atoms with Gasteiger partial charge in [-0.25, -0.2) is 5.43 Å². The number of carbonyl (C=O) groups is 2. The van der Waals surface area contributed by atoms with E-state index in [0.717, 1.165) is 24.6 Å². The number of anilines is 1. The first kappa shape index (κ1) is 23.7. The van der Waals surface area contributed by atoms with Gasteiger partial charge in [-0.3, -0.25) is 9.59 Å². The van der Waals surface area contributed by atoms with E-state index in [2.05, 4.69) is 10.4 Å². The third-order valence-electron chi connectivity index (χ3n) is 3.76. The fourth-order valence-electron chi connectivity index (χ4n) is 2.38. The van der Waals surface area contributed by atoms with Crippen molar-refractivity contribution in [2.75, 3.05) is 18.5 Å². The molecule has 0 aliphatic rings. The van der Waals surface area contributed by atoms with E-state index in [1.54, 1.807) is 18.2 Å². The van der Waals surface area contributed by atoms with Gasteiger partial charge in [0.25, 0.3) is 0 Å². The van der Waals surface area contributed by atoms with Crippen LogP contribution in [0.4, 0.5) is 18.9 Å². The minimum atomic E-state index is -4.56. The highest BCUT2D eigenvalue weighted by Crippen LogP contribution is 2.30. The molecule has 0 heterocycles. The molecular weight excluding hydrogens is 415 g/mol. The van der Waals surface area contributed by atoms with E-state index in [4.69, 9.17) is 9.47 Å². The summed E-state index contributed by atoms with van der Waals surface area (Å²) in [5.41, 5.74) is 1.49. The maximum absolute atomic E-state index is 12.7. The number of nitrogens with one attached hydrogen (secondary N) is 2. The van der Waals surface area contributed by atoms with Crippen LogP contribution < -0.4 is 20.2 Å². The van der Waals surface area contributed by atoms with E-state index in [0.29, 0.717) is 30.3 Å². The van der Waals surface area contributed by atoms with Crippen LogP contribution >= 0.6 is 0 Å². The number of amides is 2. The second kappa shape index (κ2) is 11.0. The molecule has 10 heteroatoms. The molecule has 2 amide bonds. The number of benzene rings is 2. The van der Waals surface area contributed by atoms with E-state index < -0.39 is 23.6 Å². The minimum Gasteiger partial charge on any atom is -0.490 e. The van der Waals surface area contributed by atoms with Gasteiger partial charge in [0.15, 0.2) is 11.5 Å². The molecule has 0 atom stereocenters. The number of halogens is 3. The maximum Gasteiger partial charge on any atom is 0.416 e. The van der Waals surface area contributed by atoms with Crippen molar-refractivity contribution >= 4 is 23.7 Å². The molecule has 0 radical (unpaired) electrons. The number of hydrogen-bond acceptors (Lipinski definition) is 5.